The molecule has 0 aliphatic rings. The monoisotopic (exact) mass is 319 g/mol. The van der Waals surface area contributed by atoms with E-state index in [1.165, 1.54) is 0 Å². The largest absolute Gasteiger partial charge is 0.327 e. The lowest BCUT2D eigenvalue weighted by atomic mass is 10.1. The van der Waals surface area contributed by atoms with Crippen LogP contribution in [-0.4, -0.2) is 16.0 Å². The lowest BCUT2D eigenvalue weighted by Gasteiger charge is -2.10. The standard InChI is InChI=1S/C15H18BrN3/c1-3-13(17)9-14-8-10(2)18-15(19-14)11-4-6-12(16)7-5-11/h4-8,13H,3,9,17H2,1-2H3. The summed E-state index contributed by atoms with van der Waals surface area (Å²) in [5, 5.41) is 0. The van der Waals surface area contributed by atoms with Gasteiger partial charge in [-0.3, -0.25) is 0 Å². The molecule has 1 heterocycles. The number of halogens is 1. The van der Waals surface area contributed by atoms with Gasteiger partial charge in [-0.2, -0.15) is 0 Å². The molecule has 0 spiro atoms. The van der Waals surface area contributed by atoms with Crippen LogP contribution in [0, 0.1) is 6.92 Å². The summed E-state index contributed by atoms with van der Waals surface area (Å²) in [6.07, 6.45) is 1.75. The van der Waals surface area contributed by atoms with E-state index in [0.717, 1.165) is 40.1 Å². The molecule has 1 atom stereocenters. The second-order valence-corrected chi connectivity index (χ2v) is 5.62. The highest BCUT2D eigenvalue weighted by Crippen LogP contribution is 2.19. The lowest BCUT2D eigenvalue weighted by Crippen LogP contribution is -2.22. The fraction of sp³-hybridized carbons (Fsp3) is 0.333. The molecule has 1 aromatic heterocycles. The first-order chi connectivity index (χ1) is 9.08. The van der Waals surface area contributed by atoms with Crippen molar-refractivity contribution in [3.05, 3.63) is 46.2 Å². The second-order valence-electron chi connectivity index (χ2n) is 4.70. The highest BCUT2D eigenvalue weighted by atomic mass is 79.9. The minimum Gasteiger partial charge on any atom is -0.327 e. The third-order valence-electron chi connectivity index (χ3n) is 3.01. The van der Waals surface area contributed by atoms with E-state index in [4.69, 9.17) is 5.73 Å². The lowest BCUT2D eigenvalue weighted by molar-refractivity contribution is 0.635. The summed E-state index contributed by atoms with van der Waals surface area (Å²) in [5.41, 5.74) is 9.01. The Morgan fingerprint density at radius 3 is 2.53 bits per heavy atom. The van der Waals surface area contributed by atoms with Gasteiger partial charge in [-0.25, -0.2) is 9.97 Å². The van der Waals surface area contributed by atoms with Crippen molar-refractivity contribution in [2.24, 2.45) is 5.73 Å². The first-order valence-electron chi connectivity index (χ1n) is 6.44. The van der Waals surface area contributed by atoms with E-state index >= 15 is 0 Å². The molecule has 0 aliphatic carbocycles. The highest BCUT2D eigenvalue weighted by Gasteiger charge is 2.08. The molecule has 1 aromatic carbocycles. The third-order valence-corrected chi connectivity index (χ3v) is 3.53. The van der Waals surface area contributed by atoms with Gasteiger partial charge in [-0.15, -0.1) is 0 Å². The van der Waals surface area contributed by atoms with Gasteiger partial charge in [0.25, 0.3) is 0 Å². The summed E-state index contributed by atoms with van der Waals surface area (Å²) < 4.78 is 1.05. The van der Waals surface area contributed by atoms with Crippen LogP contribution in [0.3, 0.4) is 0 Å². The maximum absolute atomic E-state index is 6.00. The van der Waals surface area contributed by atoms with Crippen LogP contribution in [0.2, 0.25) is 0 Å². The summed E-state index contributed by atoms with van der Waals surface area (Å²) in [5.74, 6) is 0.769. The molecule has 1 unspecified atom stereocenters. The number of hydrogen-bond donors (Lipinski definition) is 1. The second kappa shape index (κ2) is 6.26. The van der Waals surface area contributed by atoms with Crippen molar-refractivity contribution in [1.29, 1.82) is 0 Å². The summed E-state index contributed by atoms with van der Waals surface area (Å²) in [7, 11) is 0. The van der Waals surface area contributed by atoms with Gasteiger partial charge in [0.05, 0.1) is 0 Å². The van der Waals surface area contributed by atoms with Crippen LogP contribution in [0.4, 0.5) is 0 Å². The first kappa shape index (κ1) is 14.2. The Bertz CT molecular complexity index is 552. The third kappa shape index (κ3) is 3.85. The number of aryl methyl sites for hydroxylation is 1. The van der Waals surface area contributed by atoms with Crippen LogP contribution in [0.25, 0.3) is 11.4 Å². The molecule has 100 valence electrons. The van der Waals surface area contributed by atoms with E-state index in [0.29, 0.717) is 0 Å². The number of aromatic nitrogens is 2. The molecular formula is C15H18BrN3. The molecule has 0 fully saturated rings. The number of nitrogens with two attached hydrogens (primary N) is 1. The molecule has 0 amide bonds. The molecule has 0 saturated carbocycles. The maximum Gasteiger partial charge on any atom is 0.159 e. The van der Waals surface area contributed by atoms with Crippen LogP contribution < -0.4 is 5.73 Å². The molecule has 2 rings (SSSR count). The van der Waals surface area contributed by atoms with Gasteiger partial charge in [-0.05, 0) is 31.5 Å². The van der Waals surface area contributed by atoms with Crippen molar-refractivity contribution in [2.75, 3.05) is 0 Å². The van der Waals surface area contributed by atoms with Crippen molar-refractivity contribution >= 4 is 15.9 Å². The Morgan fingerprint density at radius 1 is 1.21 bits per heavy atom. The summed E-state index contributed by atoms with van der Waals surface area (Å²) >= 11 is 3.43. The average molecular weight is 320 g/mol. The van der Waals surface area contributed by atoms with Gasteiger partial charge < -0.3 is 5.73 Å². The molecule has 0 aliphatic heterocycles. The van der Waals surface area contributed by atoms with Crippen LogP contribution in [0.1, 0.15) is 24.7 Å². The number of benzene rings is 1. The molecule has 2 N–H and O–H groups in total. The maximum atomic E-state index is 6.00. The van der Waals surface area contributed by atoms with Gasteiger partial charge >= 0.3 is 0 Å². The van der Waals surface area contributed by atoms with E-state index in [2.05, 4.69) is 32.8 Å². The van der Waals surface area contributed by atoms with Crippen LogP contribution in [-0.2, 0) is 6.42 Å². The summed E-state index contributed by atoms with van der Waals surface area (Å²) in [4.78, 5) is 9.11. The Morgan fingerprint density at radius 2 is 1.89 bits per heavy atom. The van der Waals surface area contributed by atoms with Gasteiger partial charge in [-0.1, -0.05) is 35.0 Å². The molecule has 0 saturated heterocycles. The SMILES string of the molecule is CCC(N)Cc1cc(C)nc(-c2ccc(Br)cc2)n1. The zero-order chi connectivity index (χ0) is 13.8. The minimum atomic E-state index is 0.159. The van der Waals surface area contributed by atoms with E-state index in [-0.39, 0.29) is 6.04 Å². The Hall–Kier alpha value is -1.26. The predicted octanol–water partition coefficient (Wildman–Crippen LogP) is 3.49. The Balaban J connectivity index is 2.33. The van der Waals surface area contributed by atoms with Crippen molar-refractivity contribution in [3.63, 3.8) is 0 Å². The van der Waals surface area contributed by atoms with E-state index in [1.807, 2.05) is 37.3 Å². The molecule has 4 heteroatoms. The number of nitrogens with zero attached hydrogens (tertiary/aromatic N) is 2. The summed E-state index contributed by atoms with van der Waals surface area (Å²) in [6, 6.07) is 10.2. The molecule has 0 bridgehead atoms. The van der Waals surface area contributed by atoms with Crippen LogP contribution in [0.15, 0.2) is 34.8 Å². The van der Waals surface area contributed by atoms with Crippen molar-refractivity contribution < 1.29 is 0 Å². The Labute approximate surface area is 122 Å². The minimum absolute atomic E-state index is 0.159. The number of rotatable bonds is 4. The van der Waals surface area contributed by atoms with Gasteiger partial charge in [0.2, 0.25) is 0 Å². The van der Waals surface area contributed by atoms with Gasteiger partial charge in [0.1, 0.15) is 0 Å². The zero-order valence-corrected chi connectivity index (χ0v) is 12.8. The molecule has 2 aromatic rings. The van der Waals surface area contributed by atoms with E-state index < -0.39 is 0 Å². The quantitative estimate of drug-likeness (QED) is 0.938. The van der Waals surface area contributed by atoms with Crippen molar-refractivity contribution in [3.8, 4) is 11.4 Å². The topological polar surface area (TPSA) is 51.8 Å². The normalized spacial score (nSPS) is 12.4. The zero-order valence-electron chi connectivity index (χ0n) is 11.2. The molecule has 19 heavy (non-hydrogen) atoms. The van der Waals surface area contributed by atoms with Gasteiger partial charge in [0.15, 0.2) is 5.82 Å². The van der Waals surface area contributed by atoms with E-state index in [9.17, 15) is 0 Å². The fourth-order valence-corrected chi connectivity index (χ4v) is 2.14. The van der Waals surface area contributed by atoms with Crippen LogP contribution >= 0.6 is 15.9 Å². The molecule has 3 nitrogen and oxygen atoms in total. The summed E-state index contributed by atoms with van der Waals surface area (Å²) in [6.45, 7) is 4.08. The smallest absolute Gasteiger partial charge is 0.159 e. The molecular weight excluding hydrogens is 302 g/mol. The number of hydrogen-bond acceptors (Lipinski definition) is 3. The Kier molecular flexibility index (Phi) is 4.66. The van der Waals surface area contributed by atoms with Crippen molar-refractivity contribution in [1.82, 2.24) is 9.97 Å². The molecule has 0 radical (unpaired) electrons. The highest BCUT2D eigenvalue weighted by molar-refractivity contribution is 9.10. The van der Waals surface area contributed by atoms with Gasteiger partial charge in [0, 0.05) is 33.9 Å². The predicted molar refractivity (Wildman–Crippen MR) is 81.9 cm³/mol. The average Bonchev–Trinajstić information content (AvgIpc) is 2.38. The van der Waals surface area contributed by atoms with Crippen molar-refractivity contribution in [2.45, 2.75) is 32.7 Å². The van der Waals surface area contributed by atoms with Crippen LogP contribution in [0.5, 0.6) is 0 Å². The fourth-order valence-electron chi connectivity index (χ4n) is 1.88. The van der Waals surface area contributed by atoms with E-state index in [1.54, 1.807) is 0 Å². The first-order valence-corrected chi connectivity index (χ1v) is 7.24.